The molecule has 1 heteroatoms. The van der Waals surface area contributed by atoms with Crippen molar-refractivity contribution in [3.8, 4) is 11.8 Å². The van der Waals surface area contributed by atoms with Gasteiger partial charge in [-0.1, -0.05) is 41.7 Å². The van der Waals surface area contributed by atoms with Crippen molar-refractivity contribution in [1.82, 2.24) is 0 Å². The molecule has 0 aliphatic heterocycles. The molecule has 0 bridgehead atoms. The normalized spacial score (nSPS) is 9.44. The van der Waals surface area contributed by atoms with Crippen molar-refractivity contribution in [2.24, 2.45) is 0 Å². The predicted octanol–water partition coefficient (Wildman–Crippen LogP) is 3.70. The maximum absolute atomic E-state index is 7.14. The zero-order valence-electron chi connectivity index (χ0n) is 10.6. The zero-order valence-corrected chi connectivity index (χ0v) is 10.6. The van der Waals surface area contributed by atoms with Gasteiger partial charge in [0.25, 0.3) is 0 Å². The molecule has 18 heavy (non-hydrogen) atoms. The van der Waals surface area contributed by atoms with Gasteiger partial charge in [-0.2, -0.15) is 0 Å². The molecule has 88 valence electrons. The van der Waals surface area contributed by atoms with Crippen LogP contribution in [0.1, 0.15) is 27.8 Å². The first-order chi connectivity index (χ1) is 8.69. The summed E-state index contributed by atoms with van der Waals surface area (Å²) in [5, 5.41) is 7.14. The number of hydrogen-bond acceptors (Lipinski definition) is 1. The minimum Gasteiger partial charge on any atom is -0.308 e. The molecule has 0 fully saturated rings. The fourth-order valence-electron chi connectivity index (χ4n) is 1.76. The molecule has 0 saturated carbocycles. The minimum absolute atomic E-state index is 0.895. The van der Waals surface area contributed by atoms with Crippen molar-refractivity contribution in [2.45, 2.75) is 13.8 Å². The van der Waals surface area contributed by atoms with Gasteiger partial charge in [-0.25, -0.2) is 0 Å². The van der Waals surface area contributed by atoms with E-state index in [9.17, 15) is 0 Å². The first-order valence-corrected chi connectivity index (χ1v) is 5.89. The van der Waals surface area contributed by atoms with Gasteiger partial charge in [0.15, 0.2) is 0 Å². The monoisotopic (exact) mass is 233 g/mol. The lowest BCUT2D eigenvalue weighted by Gasteiger charge is -1.99. The average molecular weight is 233 g/mol. The maximum atomic E-state index is 7.14. The van der Waals surface area contributed by atoms with Gasteiger partial charge in [0, 0.05) is 17.3 Å². The van der Waals surface area contributed by atoms with Crippen LogP contribution in [-0.4, -0.2) is 6.21 Å². The summed E-state index contributed by atoms with van der Waals surface area (Å²) in [5.41, 5.74) is 5.40. The third-order valence-electron chi connectivity index (χ3n) is 2.80. The fourth-order valence-corrected chi connectivity index (χ4v) is 1.76. The molecular formula is C17H15N. The summed E-state index contributed by atoms with van der Waals surface area (Å²) >= 11 is 0. The van der Waals surface area contributed by atoms with Crippen LogP contribution in [0.3, 0.4) is 0 Å². The number of hydrogen-bond donors (Lipinski definition) is 1. The van der Waals surface area contributed by atoms with Crippen LogP contribution in [0.2, 0.25) is 0 Å². The van der Waals surface area contributed by atoms with Crippen molar-refractivity contribution in [3.63, 3.8) is 0 Å². The van der Waals surface area contributed by atoms with Gasteiger partial charge in [0.05, 0.1) is 0 Å². The number of benzene rings is 2. The van der Waals surface area contributed by atoms with E-state index >= 15 is 0 Å². The van der Waals surface area contributed by atoms with E-state index in [1.54, 1.807) is 0 Å². The Morgan fingerprint density at radius 3 is 2.28 bits per heavy atom. The van der Waals surface area contributed by atoms with E-state index in [1.807, 2.05) is 24.3 Å². The largest absolute Gasteiger partial charge is 0.308 e. The van der Waals surface area contributed by atoms with E-state index in [1.165, 1.54) is 17.3 Å². The Hall–Kier alpha value is -2.33. The molecule has 0 spiro atoms. The van der Waals surface area contributed by atoms with Crippen LogP contribution in [0, 0.1) is 31.1 Å². The van der Waals surface area contributed by atoms with Crippen LogP contribution < -0.4 is 0 Å². The van der Waals surface area contributed by atoms with Gasteiger partial charge in [-0.05, 0) is 43.2 Å². The Balaban J connectivity index is 2.27. The molecule has 0 aromatic heterocycles. The highest BCUT2D eigenvalue weighted by Gasteiger charge is 1.94. The lowest BCUT2D eigenvalue weighted by Crippen LogP contribution is -1.84. The van der Waals surface area contributed by atoms with Crippen LogP contribution in [0.4, 0.5) is 0 Å². The summed E-state index contributed by atoms with van der Waals surface area (Å²) < 4.78 is 0. The van der Waals surface area contributed by atoms with E-state index in [-0.39, 0.29) is 0 Å². The summed E-state index contributed by atoms with van der Waals surface area (Å²) in [6.07, 6.45) is 1.33. The lowest BCUT2D eigenvalue weighted by molar-refractivity contribution is 1.36. The fraction of sp³-hybridized carbons (Fsp3) is 0.118. The van der Waals surface area contributed by atoms with Crippen molar-refractivity contribution in [2.75, 3.05) is 0 Å². The molecular weight excluding hydrogens is 218 g/mol. The molecule has 0 atom stereocenters. The smallest absolute Gasteiger partial charge is 0.0278 e. The Bertz CT molecular complexity index is 625. The van der Waals surface area contributed by atoms with Crippen molar-refractivity contribution < 1.29 is 0 Å². The lowest BCUT2D eigenvalue weighted by atomic mass is 10.1. The highest BCUT2D eigenvalue weighted by atomic mass is 14.3. The summed E-state index contributed by atoms with van der Waals surface area (Å²) in [6.45, 7) is 4.16. The van der Waals surface area contributed by atoms with Crippen molar-refractivity contribution in [1.29, 1.82) is 5.41 Å². The number of rotatable bonds is 1. The summed E-state index contributed by atoms with van der Waals surface area (Å²) in [5.74, 6) is 6.33. The molecule has 0 aliphatic carbocycles. The Kier molecular flexibility index (Phi) is 3.60. The van der Waals surface area contributed by atoms with Gasteiger partial charge in [0.1, 0.15) is 0 Å². The van der Waals surface area contributed by atoms with E-state index in [0.717, 1.165) is 16.7 Å². The number of aryl methyl sites for hydroxylation is 2. The third kappa shape index (κ3) is 2.87. The van der Waals surface area contributed by atoms with Gasteiger partial charge >= 0.3 is 0 Å². The van der Waals surface area contributed by atoms with Gasteiger partial charge in [-0.15, -0.1) is 0 Å². The second kappa shape index (κ2) is 5.33. The summed E-state index contributed by atoms with van der Waals surface area (Å²) in [4.78, 5) is 0. The first-order valence-electron chi connectivity index (χ1n) is 5.89. The molecule has 2 aromatic carbocycles. The van der Waals surface area contributed by atoms with E-state index in [4.69, 9.17) is 5.41 Å². The molecule has 0 amide bonds. The van der Waals surface area contributed by atoms with Gasteiger partial charge in [-0.3, -0.25) is 0 Å². The Morgan fingerprint density at radius 2 is 1.67 bits per heavy atom. The topological polar surface area (TPSA) is 23.9 Å². The van der Waals surface area contributed by atoms with Gasteiger partial charge in [0.2, 0.25) is 0 Å². The van der Waals surface area contributed by atoms with Crippen molar-refractivity contribution in [3.05, 3.63) is 70.3 Å². The van der Waals surface area contributed by atoms with Crippen LogP contribution in [-0.2, 0) is 0 Å². The van der Waals surface area contributed by atoms with E-state index in [2.05, 4.69) is 43.9 Å². The Labute approximate surface area is 108 Å². The third-order valence-corrected chi connectivity index (χ3v) is 2.80. The van der Waals surface area contributed by atoms with Crippen LogP contribution in [0.15, 0.2) is 42.5 Å². The maximum Gasteiger partial charge on any atom is 0.0278 e. The molecule has 0 saturated heterocycles. The van der Waals surface area contributed by atoms with Gasteiger partial charge < -0.3 is 5.41 Å². The quantitative estimate of drug-likeness (QED) is 0.573. The molecule has 2 aromatic rings. The molecule has 1 nitrogen and oxygen atoms in total. The summed E-state index contributed by atoms with van der Waals surface area (Å²) in [6, 6.07) is 14.0. The molecule has 0 aliphatic rings. The highest BCUT2D eigenvalue weighted by Crippen LogP contribution is 2.09. The van der Waals surface area contributed by atoms with Crippen molar-refractivity contribution >= 4 is 6.21 Å². The molecule has 0 radical (unpaired) electrons. The molecule has 1 N–H and O–H groups in total. The zero-order chi connectivity index (χ0) is 13.0. The standard InChI is InChI=1S/C17H15N/c1-13-3-9-17(14(2)11-13)10-8-15-4-6-16(12-18)7-5-15/h3-7,9,11-12,18H,1-2H3. The SMILES string of the molecule is Cc1ccc(C#Cc2ccc(C=N)cc2)c(C)c1. The minimum atomic E-state index is 0.895. The Morgan fingerprint density at radius 1 is 0.944 bits per heavy atom. The molecule has 0 unspecified atom stereocenters. The number of nitrogens with one attached hydrogen (secondary N) is 1. The second-order valence-corrected chi connectivity index (χ2v) is 4.33. The average Bonchev–Trinajstić information content (AvgIpc) is 2.38. The second-order valence-electron chi connectivity index (χ2n) is 4.33. The molecule has 0 heterocycles. The van der Waals surface area contributed by atoms with E-state index < -0.39 is 0 Å². The van der Waals surface area contributed by atoms with Crippen LogP contribution in [0.5, 0.6) is 0 Å². The summed E-state index contributed by atoms with van der Waals surface area (Å²) in [7, 11) is 0. The van der Waals surface area contributed by atoms with Crippen LogP contribution in [0.25, 0.3) is 0 Å². The van der Waals surface area contributed by atoms with Crippen LogP contribution >= 0.6 is 0 Å². The molecule has 2 rings (SSSR count). The highest BCUT2D eigenvalue weighted by molar-refractivity contribution is 5.77. The predicted molar refractivity (Wildman–Crippen MR) is 76.2 cm³/mol. The van der Waals surface area contributed by atoms with E-state index in [0.29, 0.717) is 0 Å². The first kappa shape index (κ1) is 12.1.